The number of benzene rings is 2. The van der Waals surface area contributed by atoms with E-state index >= 15 is 0 Å². The first-order valence-electron chi connectivity index (χ1n) is 12.7. The van der Waals surface area contributed by atoms with E-state index < -0.39 is 5.60 Å². The number of hydrogen-bond acceptors (Lipinski definition) is 6. The van der Waals surface area contributed by atoms with E-state index in [0.29, 0.717) is 41.0 Å². The number of nitrogens with zero attached hydrogens (tertiary/aromatic N) is 3. The fourth-order valence-electron chi connectivity index (χ4n) is 5.03. The molecule has 0 saturated carbocycles. The maximum absolute atomic E-state index is 11.4. The summed E-state index contributed by atoms with van der Waals surface area (Å²) in [7, 11) is 0. The predicted octanol–water partition coefficient (Wildman–Crippen LogP) is 5.83. The molecule has 1 fully saturated rings. The lowest BCUT2D eigenvalue weighted by atomic mass is 9.93. The van der Waals surface area contributed by atoms with Gasteiger partial charge in [-0.3, -0.25) is 9.88 Å². The van der Waals surface area contributed by atoms with Crippen LogP contribution in [0.5, 0.6) is 5.75 Å². The molecule has 37 heavy (non-hydrogen) atoms. The Hall–Kier alpha value is -2.35. The molecule has 0 bridgehead atoms. The van der Waals surface area contributed by atoms with Gasteiger partial charge in [-0.15, -0.1) is 0 Å². The number of pyridine rings is 1. The average Bonchev–Trinajstić information content (AvgIpc) is 2.88. The molecule has 0 amide bonds. The van der Waals surface area contributed by atoms with Crippen LogP contribution in [0.2, 0.25) is 10.0 Å². The quantitative estimate of drug-likeness (QED) is 0.354. The molecule has 8 heteroatoms. The molecule has 2 heterocycles. The lowest BCUT2D eigenvalue weighted by Crippen LogP contribution is -2.56. The zero-order chi connectivity index (χ0) is 26.6. The van der Waals surface area contributed by atoms with Crippen LogP contribution in [0.25, 0.3) is 0 Å². The molecular weight excluding hydrogens is 509 g/mol. The smallest absolute Gasteiger partial charge is 0.120 e. The number of rotatable bonds is 9. The van der Waals surface area contributed by atoms with Gasteiger partial charge < -0.3 is 19.8 Å². The van der Waals surface area contributed by atoms with Crippen LogP contribution in [0, 0.1) is 0 Å². The number of anilines is 1. The summed E-state index contributed by atoms with van der Waals surface area (Å²) < 4.78 is 5.79. The lowest BCUT2D eigenvalue weighted by molar-refractivity contribution is 0.00606. The van der Waals surface area contributed by atoms with Gasteiger partial charge in [0.25, 0.3) is 0 Å². The van der Waals surface area contributed by atoms with Gasteiger partial charge in [-0.25, -0.2) is 0 Å². The number of aliphatic hydroxyl groups excluding tert-OH is 1. The average molecular weight is 545 g/mol. The Labute approximate surface area is 229 Å². The largest absolute Gasteiger partial charge is 0.494 e. The van der Waals surface area contributed by atoms with Crippen molar-refractivity contribution in [2.75, 3.05) is 31.1 Å². The Kier molecular flexibility index (Phi) is 8.98. The standard InChI is InChI=1S/C29H35Cl2N3O3/c1-4-13-37-25-11-12-27(26(31)14-25)34-20(2)16-33(17-28(34)21-5-8-23(30)9-6-21)19-29(3,36)22-7-10-24(18-35)32-15-22/h5-12,14-15,20,28,35-36H,4,13,16-19H2,1-3H3/t20-,28+,29-/m1/s1. The van der Waals surface area contributed by atoms with Gasteiger partial charge in [0.05, 0.1) is 35.7 Å². The monoisotopic (exact) mass is 543 g/mol. The van der Waals surface area contributed by atoms with E-state index in [-0.39, 0.29) is 18.7 Å². The first kappa shape index (κ1) is 27.7. The zero-order valence-corrected chi connectivity index (χ0v) is 23.1. The molecule has 6 nitrogen and oxygen atoms in total. The third-order valence-corrected chi connectivity index (χ3v) is 7.38. The van der Waals surface area contributed by atoms with Gasteiger partial charge in [-0.05, 0) is 56.2 Å². The summed E-state index contributed by atoms with van der Waals surface area (Å²) in [6.45, 7) is 8.46. The molecule has 2 N–H and O–H groups in total. The van der Waals surface area contributed by atoms with Gasteiger partial charge in [-0.2, -0.15) is 0 Å². The molecule has 3 atom stereocenters. The third-order valence-electron chi connectivity index (χ3n) is 6.83. The summed E-state index contributed by atoms with van der Waals surface area (Å²) in [5, 5.41) is 22.0. The van der Waals surface area contributed by atoms with E-state index in [2.05, 4.69) is 40.8 Å². The van der Waals surface area contributed by atoms with Crippen LogP contribution in [0.4, 0.5) is 5.69 Å². The lowest BCUT2D eigenvalue weighted by Gasteiger charge is -2.49. The van der Waals surface area contributed by atoms with E-state index in [0.717, 1.165) is 30.0 Å². The Bertz CT molecular complexity index is 1170. The van der Waals surface area contributed by atoms with E-state index in [1.165, 1.54) is 0 Å². The molecule has 0 spiro atoms. The van der Waals surface area contributed by atoms with Gasteiger partial charge in [0.1, 0.15) is 11.4 Å². The van der Waals surface area contributed by atoms with E-state index in [4.69, 9.17) is 27.9 Å². The van der Waals surface area contributed by atoms with Crippen molar-refractivity contribution in [2.45, 2.75) is 51.5 Å². The Morgan fingerprint density at radius 3 is 2.46 bits per heavy atom. The first-order valence-corrected chi connectivity index (χ1v) is 13.4. The molecule has 1 aliphatic heterocycles. The van der Waals surface area contributed by atoms with Crippen molar-refractivity contribution in [3.05, 3.63) is 87.7 Å². The second kappa shape index (κ2) is 12.0. The van der Waals surface area contributed by atoms with E-state index in [9.17, 15) is 10.2 Å². The van der Waals surface area contributed by atoms with Crippen molar-refractivity contribution in [3.8, 4) is 5.75 Å². The van der Waals surface area contributed by atoms with Crippen LogP contribution in [-0.2, 0) is 12.2 Å². The minimum Gasteiger partial charge on any atom is -0.494 e. The van der Waals surface area contributed by atoms with Gasteiger partial charge >= 0.3 is 0 Å². The second-order valence-electron chi connectivity index (χ2n) is 9.95. The number of ether oxygens (including phenoxy) is 1. The summed E-state index contributed by atoms with van der Waals surface area (Å²) in [6.07, 6.45) is 2.58. The molecule has 3 aromatic rings. The van der Waals surface area contributed by atoms with Crippen LogP contribution < -0.4 is 9.64 Å². The van der Waals surface area contributed by atoms with E-state index in [1.54, 1.807) is 12.3 Å². The number of hydrogen-bond donors (Lipinski definition) is 2. The minimum absolute atomic E-state index is 0.00776. The molecular formula is C29H35Cl2N3O3. The van der Waals surface area contributed by atoms with Crippen LogP contribution in [0.1, 0.15) is 50.1 Å². The van der Waals surface area contributed by atoms with Crippen molar-refractivity contribution >= 4 is 28.9 Å². The fourth-order valence-corrected chi connectivity index (χ4v) is 5.43. The SMILES string of the molecule is CCCOc1ccc(N2[C@H](C)CN(C[C@@](C)(O)c3ccc(CO)nc3)C[C@H]2c2ccc(Cl)cc2)c(Cl)c1. The van der Waals surface area contributed by atoms with E-state index in [1.807, 2.05) is 43.3 Å². The Morgan fingerprint density at radius 1 is 1.08 bits per heavy atom. The molecule has 0 radical (unpaired) electrons. The summed E-state index contributed by atoms with van der Waals surface area (Å²) in [6, 6.07) is 17.5. The summed E-state index contributed by atoms with van der Waals surface area (Å²) in [5.41, 5.74) is 2.26. The van der Waals surface area contributed by atoms with Gasteiger partial charge in [0, 0.05) is 48.5 Å². The van der Waals surface area contributed by atoms with Gasteiger partial charge in [0.2, 0.25) is 0 Å². The van der Waals surface area contributed by atoms with Crippen molar-refractivity contribution in [2.24, 2.45) is 0 Å². The highest BCUT2D eigenvalue weighted by Crippen LogP contribution is 2.40. The molecule has 1 aromatic heterocycles. The minimum atomic E-state index is -1.11. The molecule has 198 valence electrons. The highest BCUT2D eigenvalue weighted by molar-refractivity contribution is 6.33. The Morgan fingerprint density at radius 2 is 1.84 bits per heavy atom. The molecule has 0 unspecified atom stereocenters. The molecule has 0 aliphatic carbocycles. The van der Waals surface area contributed by atoms with Gasteiger partial charge in [-0.1, -0.05) is 48.3 Å². The Balaban J connectivity index is 1.62. The third kappa shape index (κ3) is 6.57. The predicted molar refractivity (Wildman–Crippen MR) is 150 cm³/mol. The zero-order valence-electron chi connectivity index (χ0n) is 21.6. The summed E-state index contributed by atoms with van der Waals surface area (Å²) in [4.78, 5) is 8.90. The van der Waals surface area contributed by atoms with Crippen molar-refractivity contribution < 1.29 is 14.9 Å². The second-order valence-corrected chi connectivity index (χ2v) is 10.8. The van der Waals surface area contributed by atoms with Crippen LogP contribution >= 0.6 is 23.2 Å². The van der Waals surface area contributed by atoms with Crippen molar-refractivity contribution in [3.63, 3.8) is 0 Å². The van der Waals surface area contributed by atoms with Crippen LogP contribution in [0.3, 0.4) is 0 Å². The summed E-state index contributed by atoms with van der Waals surface area (Å²) >= 11 is 13.0. The van der Waals surface area contributed by atoms with Crippen molar-refractivity contribution in [1.82, 2.24) is 9.88 Å². The number of aromatic nitrogens is 1. The van der Waals surface area contributed by atoms with Crippen LogP contribution in [0.15, 0.2) is 60.8 Å². The number of β-amino-alcohol motifs (C(OH)–C–C–N with tert-alkyl or cyclic N) is 1. The number of piperazine rings is 1. The maximum Gasteiger partial charge on any atom is 0.120 e. The topological polar surface area (TPSA) is 69.1 Å². The van der Waals surface area contributed by atoms with Gasteiger partial charge in [0.15, 0.2) is 0 Å². The summed E-state index contributed by atoms with van der Waals surface area (Å²) in [5.74, 6) is 0.766. The van der Waals surface area contributed by atoms with Crippen LogP contribution in [-0.4, -0.2) is 52.4 Å². The molecule has 2 aromatic carbocycles. The highest BCUT2D eigenvalue weighted by atomic mass is 35.5. The number of aliphatic hydroxyl groups is 2. The fraction of sp³-hybridized carbons (Fsp3) is 0.414. The first-order chi connectivity index (χ1) is 17.7. The molecule has 1 saturated heterocycles. The molecule has 4 rings (SSSR count). The normalized spacial score (nSPS) is 20.0. The number of halogens is 2. The highest BCUT2D eigenvalue weighted by Gasteiger charge is 2.37. The maximum atomic E-state index is 11.4. The molecule has 1 aliphatic rings. The van der Waals surface area contributed by atoms with Crippen molar-refractivity contribution in [1.29, 1.82) is 0 Å².